The highest BCUT2D eigenvalue weighted by Gasteiger charge is 2.41. The third-order valence-electron chi connectivity index (χ3n) is 3.69. The molecule has 0 atom stereocenters. The number of benzene rings is 1. The van der Waals surface area contributed by atoms with E-state index in [1.54, 1.807) is 0 Å². The molecule has 0 aromatic heterocycles. The van der Waals surface area contributed by atoms with E-state index < -0.39 is 32.1 Å². The fraction of sp³-hybridized carbons (Fsp3) is 0.462. The van der Waals surface area contributed by atoms with Crippen LogP contribution in [-0.4, -0.2) is 39.3 Å². The van der Waals surface area contributed by atoms with Gasteiger partial charge in [-0.15, -0.1) is 0 Å². The lowest BCUT2D eigenvalue weighted by atomic mass is 9.80. The molecule has 0 bridgehead atoms. The lowest BCUT2D eigenvalue weighted by Gasteiger charge is -2.33. The minimum absolute atomic E-state index is 0.134. The molecule has 0 aliphatic carbocycles. The molecular formula is C13H15ClFNO5S. The van der Waals surface area contributed by atoms with E-state index >= 15 is 0 Å². The lowest BCUT2D eigenvalue weighted by Crippen LogP contribution is -2.46. The number of hydrogen-bond acceptors (Lipinski definition) is 4. The van der Waals surface area contributed by atoms with Crippen LogP contribution in [0, 0.1) is 11.2 Å². The summed E-state index contributed by atoms with van der Waals surface area (Å²) in [5.41, 5.74) is -1.23. The molecule has 1 aliphatic heterocycles. The number of carboxylic acid groups (broad SMARTS) is 1. The molecule has 0 amide bonds. The zero-order chi connectivity index (χ0) is 16.4. The van der Waals surface area contributed by atoms with Crippen molar-refractivity contribution in [1.29, 1.82) is 0 Å². The molecule has 1 saturated heterocycles. The Balaban J connectivity index is 2.21. The van der Waals surface area contributed by atoms with Crippen LogP contribution in [-0.2, 0) is 19.6 Å². The number of hydrogen-bond donors (Lipinski definition) is 2. The summed E-state index contributed by atoms with van der Waals surface area (Å²) < 4.78 is 45.0. The Labute approximate surface area is 132 Å². The highest BCUT2D eigenvalue weighted by Crippen LogP contribution is 2.31. The van der Waals surface area contributed by atoms with E-state index in [-0.39, 0.29) is 37.6 Å². The van der Waals surface area contributed by atoms with Gasteiger partial charge in [-0.05, 0) is 31.0 Å². The van der Waals surface area contributed by atoms with Gasteiger partial charge in [-0.2, -0.15) is 0 Å². The molecule has 1 aromatic carbocycles. The zero-order valence-corrected chi connectivity index (χ0v) is 13.1. The average Bonchev–Trinajstić information content (AvgIpc) is 2.48. The van der Waals surface area contributed by atoms with Crippen LogP contribution in [0.2, 0.25) is 5.02 Å². The summed E-state index contributed by atoms with van der Waals surface area (Å²) in [5.74, 6) is -1.84. The van der Waals surface area contributed by atoms with Crippen molar-refractivity contribution >= 4 is 27.6 Å². The number of carbonyl (C=O) groups is 1. The maximum absolute atomic E-state index is 13.2. The molecule has 9 heteroatoms. The van der Waals surface area contributed by atoms with Gasteiger partial charge >= 0.3 is 5.97 Å². The molecule has 1 fully saturated rings. The van der Waals surface area contributed by atoms with Crippen molar-refractivity contribution in [3.63, 3.8) is 0 Å². The molecular weight excluding hydrogens is 337 g/mol. The van der Waals surface area contributed by atoms with E-state index in [4.69, 9.17) is 16.3 Å². The van der Waals surface area contributed by atoms with Gasteiger partial charge in [0.15, 0.2) is 0 Å². The second-order valence-corrected chi connectivity index (χ2v) is 7.24. The first-order valence-electron chi connectivity index (χ1n) is 6.53. The molecule has 22 heavy (non-hydrogen) atoms. The van der Waals surface area contributed by atoms with E-state index in [9.17, 15) is 22.7 Å². The Bertz CT molecular complexity index is 673. The minimum atomic E-state index is -4.11. The quantitative estimate of drug-likeness (QED) is 0.841. The van der Waals surface area contributed by atoms with Crippen LogP contribution in [0.5, 0.6) is 0 Å². The van der Waals surface area contributed by atoms with E-state index in [2.05, 4.69) is 4.72 Å². The van der Waals surface area contributed by atoms with E-state index in [1.807, 2.05) is 0 Å². The van der Waals surface area contributed by atoms with Gasteiger partial charge in [0, 0.05) is 19.8 Å². The molecule has 1 aromatic rings. The molecule has 2 N–H and O–H groups in total. The Morgan fingerprint density at radius 3 is 2.64 bits per heavy atom. The molecule has 0 saturated carbocycles. The summed E-state index contributed by atoms with van der Waals surface area (Å²) in [7, 11) is -4.11. The van der Waals surface area contributed by atoms with Gasteiger partial charge in [0.2, 0.25) is 10.0 Å². The summed E-state index contributed by atoms with van der Waals surface area (Å²) >= 11 is 5.78. The first kappa shape index (κ1) is 17.1. The summed E-state index contributed by atoms with van der Waals surface area (Å²) in [6.07, 6.45) is 0.392. The zero-order valence-electron chi connectivity index (χ0n) is 11.5. The number of aliphatic carboxylic acids is 1. The van der Waals surface area contributed by atoms with Crippen LogP contribution in [0.15, 0.2) is 23.1 Å². The predicted molar refractivity (Wildman–Crippen MR) is 76.7 cm³/mol. The van der Waals surface area contributed by atoms with Crippen molar-refractivity contribution < 1.29 is 27.4 Å². The largest absolute Gasteiger partial charge is 0.481 e. The summed E-state index contributed by atoms with van der Waals surface area (Å²) in [6.45, 7) is 0.185. The van der Waals surface area contributed by atoms with Crippen LogP contribution < -0.4 is 4.72 Å². The first-order valence-corrected chi connectivity index (χ1v) is 8.39. The summed E-state index contributed by atoms with van der Waals surface area (Å²) in [6, 6.07) is 2.97. The van der Waals surface area contributed by atoms with Crippen LogP contribution in [0.3, 0.4) is 0 Å². The van der Waals surface area contributed by atoms with E-state index in [0.29, 0.717) is 0 Å². The van der Waals surface area contributed by atoms with E-state index in [1.165, 1.54) is 0 Å². The molecule has 0 spiro atoms. The van der Waals surface area contributed by atoms with Crippen molar-refractivity contribution in [2.75, 3.05) is 19.8 Å². The maximum atomic E-state index is 13.2. The topological polar surface area (TPSA) is 92.7 Å². The Morgan fingerprint density at radius 1 is 1.41 bits per heavy atom. The van der Waals surface area contributed by atoms with Gasteiger partial charge in [-0.25, -0.2) is 17.5 Å². The van der Waals surface area contributed by atoms with E-state index in [0.717, 1.165) is 18.2 Å². The SMILES string of the molecule is O=C(O)C1(CNS(=O)(=O)c2cc(F)ccc2Cl)CCOCC1. The Kier molecular flexibility index (Phi) is 5.06. The fourth-order valence-electron chi connectivity index (χ4n) is 2.22. The number of sulfonamides is 1. The van der Waals surface area contributed by atoms with Gasteiger partial charge in [-0.1, -0.05) is 11.6 Å². The fourth-order valence-corrected chi connectivity index (χ4v) is 3.86. The number of rotatable bonds is 5. The number of carboxylic acids is 1. The molecule has 0 radical (unpaired) electrons. The molecule has 1 heterocycles. The molecule has 0 unspecified atom stereocenters. The second-order valence-electron chi connectivity index (χ2n) is 5.10. The Hall–Kier alpha value is -1.22. The second kappa shape index (κ2) is 6.49. The van der Waals surface area contributed by atoms with Crippen LogP contribution in [0.1, 0.15) is 12.8 Å². The molecule has 122 valence electrons. The van der Waals surface area contributed by atoms with Crippen molar-refractivity contribution in [3.05, 3.63) is 29.0 Å². The minimum Gasteiger partial charge on any atom is -0.481 e. The Morgan fingerprint density at radius 2 is 2.05 bits per heavy atom. The summed E-state index contributed by atoms with van der Waals surface area (Å²) in [4.78, 5) is 11.1. The summed E-state index contributed by atoms with van der Waals surface area (Å²) in [5, 5.41) is 9.24. The lowest BCUT2D eigenvalue weighted by molar-refractivity contribution is -0.154. The predicted octanol–water partition coefficient (Wildman–Crippen LogP) is 1.64. The highest BCUT2D eigenvalue weighted by atomic mass is 35.5. The standard InChI is InChI=1S/C13H15ClFNO5S/c14-10-2-1-9(15)7-11(10)22(19,20)16-8-13(12(17)18)3-5-21-6-4-13/h1-2,7,16H,3-6,8H2,(H,17,18). The van der Waals surface area contributed by atoms with Gasteiger partial charge < -0.3 is 9.84 Å². The van der Waals surface area contributed by atoms with Gasteiger partial charge in [0.05, 0.1) is 10.4 Å². The van der Waals surface area contributed by atoms with Crippen molar-refractivity contribution in [3.8, 4) is 0 Å². The van der Waals surface area contributed by atoms with Gasteiger partial charge in [-0.3, -0.25) is 4.79 Å². The van der Waals surface area contributed by atoms with Gasteiger partial charge in [0.25, 0.3) is 0 Å². The van der Waals surface area contributed by atoms with Crippen LogP contribution in [0.25, 0.3) is 0 Å². The van der Waals surface area contributed by atoms with Crippen molar-refractivity contribution in [2.24, 2.45) is 5.41 Å². The average molecular weight is 352 g/mol. The third-order valence-corrected chi connectivity index (χ3v) is 5.57. The molecule has 1 aliphatic rings. The highest BCUT2D eigenvalue weighted by molar-refractivity contribution is 7.89. The van der Waals surface area contributed by atoms with Gasteiger partial charge in [0.1, 0.15) is 10.7 Å². The first-order chi connectivity index (χ1) is 10.3. The van der Waals surface area contributed by atoms with Crippen molar-refractivity contribution in [2.45, 2.75) is 17.7 Å². The number of halogens is 2. The van der Waals surface area contributed by atoms with Crippen LogP contribution >= 0.6 is 11.6 Å². The maximum Gasteiger partial charge on any atom is 0.311 e. The van der Waals surface area contributed by atoms with Crippen molar-refractivity contribution in [1.82, 2.24) is 4.72 Å². The number of nitrogens with one attached hydrogen (secondary N) is 1. The molecule has 2 rings (SSSR count). The monoisotopic (exact) mass is 351 g/mol. The number of ether oxygens (including phenoxy) is 1. The normalized spacial score (nSPS) is 18.1. The smallest absolute Gasteiger partial charge is 0.311 e. The third kappa shape index (κ3) is 3.57. The molecule has 6 nitrogen and oxygen atoms in total. The van der Waals surface area contributed by atoms with Crippen LogP contribution in [0.4, 0.5) is 4.39 Å².